The van der Waals surface area contributed by atoms with E-state index in [0.29, 0.717) is 38.8 Å². The summed E-state index contributed by atoms with van der Waals surface area (Å²) in [5.74, 6) is -2.43. The zero-order chi connectivity index (χ0) is 24.9. The maximum Gasteiger partial charge on any atom is 0.313 e. The van der Waals surface area contributed by atoms with Crippen molar-refractivity contribution in [3.8, 4) is 0 Å². The second-order valence-corrected chi connectivity index (χ2v) is 9.64. The Hall–Kier alpha value is -2.19. The molecule has 0 radical (unpaired) electrons. The highest BCUT2D eigenvalue weighted by molar-refractivity contribution is 5.98. The number of likely N-dealkylation sites (tertiary alicyclic amines) is 1. The number of rotatable bonds is 14. The molecule has 3 rings (SSSR count). The van der Waals surface area contributed by atoms with E-state index in [1.807, 2.05) is 6.92 Å². The molecular weight excluding hydrogens is 436 g/mol. The molecule has 2 bridgehead atoms. The Balaban J connectivity index is 2.02. The number of unbranched alkanes of at least 4 members (excludes halogenated alkanes) is 2. The highest BCUT2D eigenvalue weighted by Crippen LogP contribution is 2.64. The summed E-state index contributed by atoms with van der Waals surface area (Å²) in [4.78, 5) is 44.3. The Labute approximate surface area is 202 Å². The van der Waals surface area contributed by atoms with Gasteiger partial charge in [0, 0.05) is 26.2 Å². The van der Waals surface area contributed by atoms with Crippen LogP contribution in [0.5, 0.6) is 0 Å². The minimum absolute atomic E-state index is 0.0597. The molecule has 0 saturated carbocycles. The van der Waals surface area contributed by atoms with Crippen molar-refractivity contribution in [3.63, 3.8) is 0 Å². The van der Waals surface area contributed by atoms with Crippen LogP contribution in [0.15, 0.2) is 25.3 Å². The molecule has 2 unspecified atom stereocenters. The molecule has 3 aliphatic rings. The van der Waals surface area contributed by atoms with E-state index in [9.17, 15) is 19.5 Å². The van der Waals surface area contributed by atoms with Crippen molar-refractivity contribution in [1.29, 1.82) is 0 Å². The second kappa shape index (κ2) is 11.0. The first-order valence-corrected chi connectivity index (χ1v) is 12.7. The molecule has 0 aromatic carbocycles. The first kappa shape index (κ1) is 26.4. The number of ether oxygens (including phenoxy) is 2. The number of aliphatic hydroxyl groups excluding tert-OH is 1. The summed E-state index contributed by atoms with van der Waals surface area (Å²) in [6.45, 7) is 12.6. The maximum absolute atomic E-state index is 14.0. The Morgan fingerprint density at radius 3 is 2.62 bits per heavy atom. The lowest BCUT2D eigenvalue weighted by molar-refractivity contribution is -0.161. The monoisotopic (exact) mass is 476 g/mol. The lowest BCUT2D eigenvalue weighted by Crippen LogP contribution is -2.56. The van der Waals surface area contributed by atoms with Crippen molar-refractivity contribution in [2.75, 3.05) is 32.8 Å². The average Bonchev–Trinajstić information content (AvgIpc) is 3.44. The number of esters is 1. The molecule has 3 heterocycles. The number of hydrogen-bond donors (Lipinski definition) is 1. The molecule has 3 saturated heterocycles. The number of amides is 2. The van der Waals surface area contributed by atoms with Crippen LogP contribution in [-0.2, 0) is 23.9 Å². The Bertz CT molecular complexity index is 800. The normalized spacial score (nSPS) is 31.4. The van der Waals surface area contributed by atoms with Crippen LogP contribution in [0.25, 0.3) is 0 Å². The molecule has 2 amide bonds. The van der Waals surface area contributed by atoms with Gasteiger partial charge in [-0.1, -0.05) is 45.4 Å². The number of carbonyl (C=O) groups excluding carboxylic acids is 3. The summed E-state index contributed by atoms with van der Waals surface area (Å²) in [5.41, 5.74) is -1.88. The molecule has 8 heteroatoms. The largest absolute Gasteiger partial charge is 0.461 e. The molecule has 5 atom stereocenters. The third-order valence-corrected chi connectivity index (χ3v) is 7.76. The number of hydrogen-bond acceptors (Lipinski definition) is 6. The Morgan fingerprint density at radius 1 is 1.24 bits per heavy atom. The second-order valence-electron chi connectivity index (χ2n) is 9.64. The lowest BCUT2D eigenvalue weighted by atomic mass is 9.65. The predicted molar refractivity (Wildman–Crippen MR) is 128 cm³/mol. The quantitative estimate of drug-likeness (QED) is 0.235. The number of aliphatic hydroxyl groups is 1. The van der Waals surface area contributed by atoms with Gasteiger partial charge in [-0.2, -0.15) is 0 Å². The number of fused-ring (bicyclic) bond motifs is 1. The van der Waals surface area contributed by atoms with Gasteiger partial charge in [0.2, 0.25) is 11.8 Å². The summed E-state index contributed by atoms with van der Waals surface area (Å²) in [7, 11) is 0. The molecule has 0 aliphatic carbocycles. The molecule has 190 valence electrons. The van der Waals surface area contributed by atoms with Crippen LogP contribution in [-0.4, -0.2) is 82.8 Å². The summed E-state index contributed by atoms with van der Waals surface area (Å²) in [6, 6.07) is -0.830. The fraction of sp³-hybridized carbons (Fsp3) is 0.731. The van der Waals surface area contributed by atoms with Gasteiger partial charge >= 0.3 is 5.97 Å². The zero-order valence-corrected chi connectivity index (χ0v) is 20.7. The summed E-state index contributed by atoms with van der Waals surface area (Å²) < 4.78 is 12.1. The minimum Gasteiger partial charge on any atom is -0.461 e. The van der Waals surface area contributed by atoms with Crippen LogP contribution in [0.3, 0.4) is 0 Å². The van der Waals surface area contributed by atoms with Crippen LogP contribution in [0.1, 0.15) is 58.8 Å². The van der Waals surface area contributed by atoms with E-state index in [1.54, 1.807) is 15.9 Å². The smallest absolute Gasteiger partial charge is 0.313 e. The van der Waals surface area contributed by atoms with Gasteiger partial charge in [0.1, 0.15) is 24.2 Å². The van der Waals surface area contributed by atoms with Gasteiger partial charge in [-0.3, -0.25) is 14.4 Å². The van der Waals surface area contributed by atoms with E-state index in [2.05, 4.69) is 20.1 Å². The summed E-state index contributed by atoms with van der Waals surface area (Å²) in [5, 5.41) is 9.46. The molecule has 0 aromatic rings. The van der Waals surface area contributed by atoms with Crippen LogP contribution in [0.4, 0.5) is 0 Å². The van der Waals surface area contributed by atoms with Gasteiger partial charge in [-0.15, -0.1) is 6.58 Å². The Kier molecular flexibility index (Phi) is 8.57. The predicted octanol–water partition coefficient (Wildman–Crippen LogP) is 2.46. The van der Waals surface area contributed by atoms with Gasteiger partial charge < -0.3 is 24.4 Å². The van der Waals surface area contributed by atoms with Crippen LogP contribution >= 0.6 is 0 Å². The third-order valence-electron chi connectivity index (χ3n) is 7.76. The van der Waals surface area contributed by atoms with Crippen molar-refractivity contribution in [1.82, 2.24) is 9.80 Å². The van der Waals surface area contributed by atoms with E-state index >= 15 is 0 Å². The molecule has 3 aliphatic heterocycles. The third kappa shape index (κ3) is 4.31. The van der Waals surface area contributed by atoms with Gasteiger partial charge in [0.15, 0.2) is 0 Å². The van der Waals surface area contributed by atoms with Gasteiger partial charge in [-0.05, 0) is 32.1 Å². The van der Waals surface area contributed by atoms with Crippen molar-refractivity contribution < 1.29 is 29.0 Å². The zero-order valence-electron chi connectivity index (χ0n) is 20.7. The summed E-state index contributed by atoms with van der Waals surface area (Å²) in [6.07, 6.45) is 8.12. The van der Waals surface area contributed by atoms with Crippen molar-refractivity contribution >= 4 is 17.8 Å². The van der Waals surface area contributed by atoms with E-state index in [1.165, 1.54) is 6.08 Å². The Morgan fingerprint density at radius 2 is 2.00 bits per heavy atom. The minimum atomic E-state index is -1.07. The molecule has 8 nitrogen and oxygen atoms in total. The van der Waals surface area contributed by atoms with Crippen LogP contribution in [0.2, 0.25) is 0 Å². The van der Waals surface area contributed by atoms with E-state index in [0.717, 1.165) is 19.3 Å². The average molecular weight is 477 g/mol. The molecule has 34 heavy (non-hydrogen) atoms. The van der Waals surface area contributed by atoms with Crippen LogP contribution < -0.4 is 0 Å². The van der Waals surface area contributed by atoms with Crippen LogP contribution in [0, 0.1) is 11.8 Å². The first-order valence-electron chi connectivity index (χ1n) is 12.7. The molecule has 3 fully saturated rings. The van der Waals surface area contributed by atoms with E-state index < -0.39 is 35.0 Å². The van der Waals surface area contributed by atoms with Crippen molar-refractivity contribution in [2.24, 2.45) is 11.8 Å². The van der Waals surface area contributed by atoms with Gasteiger partial charge in [0.25, 0.3) is 0 Å². The van der Waals surface area contributed by atoms with E-state index in [-0.39, 0.29) is 31.6 Å². The molecule has 1 N–H and O–H groups in total. The fourth-order valence-electron chi connectivity index (χ4n) is 6.24. The van der Waals surface area contributed by atoms with Crippen molar-refractivity contribution in [3.05, 3.63) is 25.3 Å². The molecular formula is C26H40N2O6. The lowest BCUT2D eigenvalue weighted by Gasteiger charge is -2.37. The van der Waals surface area contributed by atoms with Gasteiger partial charge in [0.05, 0.1) is 11.5 Å². The fourth-order valence-corrected chi connectivity index (χ4v) is 6.24. The number of nitrogens with zero attached hydrogens (tertiary/aromatic N) is 2. The standard InChI is InChI=1S/C26H40N2O6/c1-5-9-10-15-27(14-6-2)23(31)21-26-13-12-25(8-4,34-26)20(24(32)33-18-7-3)19(26)22(30)28(21)16-11-17-29/h6-7,19-21,29H,2-3,5,8-18H2,1,4H3/t19-,20-,21?,25+,26?/m0/s1. The highest BCUT2D eigenvalue weighted by Gasteiger charge is 2.79. The van der Waals surface area contributed by atoms with E-state index in [4.69, 9.17) is 9.47 Å². The topological polar surface area (TPSA) is 96.4 Å². The van der Waals surface area contributed by atoms with Crippen molar-refractivity contribution in [2.45, 2.75) is 76.0 Å². The highest BCUT2D eigenvalue weighted by atomic mass is 16.6. The SMILES string of the molecule is C=CCOC(=O)[C@@H]1[C@H]2C(=O)N(CCCO)C(C(=O)N(CC=C)CCCCC)C23CC[C@@]1(CC)O3. The number of carbonyl (C=O) groups is 3. The molecule has 1 spiro atoms. The first-order chi connectivity index (χ1) is 16.4. The molecule has 0 aromatic heterocycles. The van der Waals surface area contributed by atoms with Gasteiger partial charge in [-0.25, -0.2) is 0 Å². The summed E-state index contributed by atoms with van der Waals surface area (Å²) >= 11 is 0. The maximum atomic E-state index is 14.0.